The fourth-order valence-corrected chi connectivity index (χ4v) is 12.0. The summed E-state index contributed by atoms with van der Waals surface area (Å²) < 4.78 is 32.1. The maximum absolute atomic E-state index is 14.6. The van der Waals surface area contributed by atoms with Gasteiger partial charge in [-0.25, -0.2) is 0 Å². The predicted molar refractivity (Wildman–Crippen MR) is 255 cm³/mol. The third-order valence-corrected chi connectivity index (χ3v) is 16.1. The Morgan fingerprint density at radius 3 is 2.30 bits per heavy atom. The SMILES string of the molecule is CC[C@H]1OC(=O)[C@H](C)C([C@H]2C[C@@](C)(OC)[C@@H](O)[C@H](C)O2)[C@H](C)[C@@H](O[C@@H]2O[C@H](C)C[C@H](N(C)CCNC(=O)[C@@H]3CCCN3Cc3ccccc3)[C@H]2O)[C@](C)(O)C[C@@H](C)CN(C)[C@H](C)[C@@H](O)[C@]1(C)O. The van der Waals surface area contributed by atoms with Crippen LogP contribution in [-0.4, -0.2) is 190 Å². The summed E-state index contributed by atoms with van der Waals surface area (Å²) in [5.41, 5.74) is -3.28. The number of hydrogen-bond acceptors (Lipinski definition) is 15. The van der Waals surface area contributed by atoms with E-state index < -0.39 is 102 Å². The number of carbonyl (C=O) groups is 2. The number of carbonyl (C=O) groups excluding carboxylic acids is 2. The maximum atomic E-state index is 14.6. The van der Waals surface area contributed by atoms with Crippen LogP contribution in [0.1, 0.15) is 113 Å². The van der Waals surface area contributed by atoms with Crippen molar-refractivity contribution in [2.75, 3.05) is 47.4 Å². The van der Waals surface area contributed by atoms with Crippen molar-refractivity contribution in [1.29, 1.82) is 0 Å². The fraction of sp³-hybridized carbons (Fsp3) is 0.843. The number of ether oxygens (including phenoxy) is 5. The van der Waals surface area contributed by atoms with Crippen molar-refractivity contribution in [3.8, 4) is 0 Å². The summed E-state index contributed by atoms with van der Waals surface area (Å²) in [5.74, 6) is -3.13. The molecule has 1 unspecified atom stereocenters. The first-order valence-electron chi connectivity index (χ1n) is 25.0. The van der Waals surface area contributed by atoms with Crippen LogP contribution in [0.5, 0.6) is 0 Å². The van der Waals surface area contributed by atoms with Crippen LogP contribution < -0.4 is 5.32 Å². The molecule has 4 fully saturated rings. The number of likely N-dealkylation sites (N-methyl/N-ethyl adjacent to an activating group) is 2. The molecular weight excluding hydrogens is 861 g/mol. The van der Waals surface area contributed by atoms with Gasteiger partial charge >= 0.3 is 5.97 Å². The van der Waals surface area contributed by atoms with Crippen LogP contribution in [0.3, 0.4) is 0 Å². The Morgan fingerprint density at radius 2 is 1.66 bits per heavy atom. The molecule has 0 radical (unpaired) electrons. The average Bonchev–Trinajstić information content (AvgIpc) is 3.74. The number of amides is 1. The van der Waals surface area contributed by atoms with E-state index in [0.29, 0.717) is 32.6 Å². The molecule has 384 valence electrons. The Labute approximate surface area is 401 Å². The average molecular weight is 949 g/mol. The zero-order chi connectivity index (χ0) is 49.8. The van der Waals surface area contributed by atoms with Crippen molar-refractivity contribution in [3.05, 3.63) is 35.9 Å². The Hall–Kier alpha value is -2.32. The topological polar surface area (TPSA) is 203 Å². The lowest BCUT2D eigenvalue weighted by Crippen LogP contribution is -2.62. The molecule has 4 aliphatic rings. The third-order valence-electron chi connectivity index (χ3n) is 16.1. The number of likely N-dealkylation sites (tertiary alicyclic amines) is 1. The molecule has 16 heteroatoms. The van der Waals surface area contributed by atoms with Crippen molar-refractivity contribution < 1.29 is 58.8 Å². The van der Waals surface area contributed by atoms with Gasteiger partial charge in [0.25, 0.3) is 0 Å². The van der Waals surface area contributed by atoms with Gasteiger partial charge in [-0.15, -0.1) is 0 Å². The van der Waals surface area contributed by atoms with E-state index in [0.717, 1.165) is 19.4 Å². The molecule has 4 saturated heterocycles. The Kier molecular flexibility index (Phi) is 19.3. The molecule has 6 N–H and O–H groups in total. The lowest BCUT2D eigenvalue weighted by molar-refractivity contribution is -0.302. The summed E-state index contributed by atoms with van der Waals surface area (Å²) in [6.07, 6.45) is -5.61. The van der Waals surface area contributed by atoms with Crippen molar-refractivity contribution in [2.24, 2.45) is 23.7 Å². The molecule has 19 atom stereocenters. The van der Waals surface area contributed by atoms with E-state index in [1.807, 2.05) is 76.7 Å². The van der Waals surface area contributed by atoms with Crippen LogP contribution in [0.15, 0.2) is 30.3 Å². The Bertz CT molecular complexity index is 1730. The predicted octanol–water partition coefficient (Wildman–Crippen LogP) is 3.33. The summed E-state index contributed by atoms with van der Waals surface area (Å²) in [6.45, 7) is 20.8. The van der Waals surface area contributed by atoms with E-state index in [1.165, 1.54) is 19.6 Å². The molecule has 0 spiro atoms. The number of esters is 1. The molecule has 0 aliphatic carbocycles. The molecule has 0 aromatic heterocycles. The Balaban J connectivity index is 1.44. The molecule has 5 rings (SSSR count). The minimum Gasteiger partial charge on any atom is -0.459 e. The van der Waals surface area contributed by atoms with Gasteiger partial charge in [-0.2, -0.15) is 0 Å². The van der Waals surface area contributed by atoms with Gasteiger partial charge in [0, 0.05) is 57.7 Å². The van der Waals surface area contributed by atoms with Gasteiger partial charge in [0.05, 0.1) is 47.6 Å². The third kappa shape index (κ3) is 13.0. The molecule has 67 heavy (non-hydrogen) atoms. The van der Waals surface area contributed by atoms with Gasteiger partial charge in [-0.3, -0.25) is 19.4 Å². The highest BCUT2D eigenvalue weighted by Crippen LogP contribution is 2.45. The second kappa shape index (κ2) is 23.3. The first kappa shape index (κ1) is 55.6. The molecule has 0 saturated carbocycles. The van der Waals surface area contributed by atoms with Gasteiger partial charge in [0.1, 0.15) is 30.0 Å². The standard InChI is InChI=1S/C51H88N4O12/c1-14-40-51(10,62)43(57)34(6)54(12)28-30(2)26-49(8,61)45(32(4)41(33(5)47(60)66-40)39-27-50(9,63-13)44(58)35(7)65-39)67-48-42(56)38(25-31(3)64-48)53(11)24-22-52-46(59)37-21-18-23-55(37)29-36-19-16-15-17-20-36/h15-17,19-20,30-35,37-45,48,56-58,61-62H,14,18,21-29H2,1-13H3,(H,52,59)/t30-,31-,32+,33-,34-,35+,37+,38+,39-,40-,41?,42-,43-,44+,45-,48+,49-,50-,51-/m1/s1. The normalized spacial score (nSPS) is 43.6. The zero-order valence-corrected chi connectivity index (χ0v) is 42.8. The molecule has 4 heterocycles. The van der Waals surface area contributed by atoms with Crippen LogP contribution in [0.25, 0.3) is 0 Å². The van der Waals surface area contributed by atoms with E-state index >= 15 is 0 Å². The minimum absolute atomic E-state index is 0.00409. The molecule has 1 aromatic rings. The van der Waals surface area contributed by atoms with Crippen molar-refractivity contribution in [3.63, 3.8) is 0 Å². The minimum atomic E-state index is -1.81. The molecule has 1 amide bonds. The summed E-state index contributed by atoms with van der Waals surface area (Å²) in [4.78, 5) is 34.3. The maximum Gasteiger partial charge on any atom is 0.309 e. The summed E-state index contributed by atoms with van der Waals surface area (Å²) in [7, 11) is 5.30. The number of cyclic esters (lactones) is 1. The largest absolute Gasteiger partial charge is 0.459 e. The second-order valence-corrected chi connectivity index (χ2v) is 21.7. The Morgan fingerprint density at radius 1 is 0.985 bits per heavy atom. The second-order valence-electron chi connectivity index (χ2n) is 21.7. The first-order chi connectivity index (χ1) is 31.4. The number of aliphatic hydroxyl groups is 5. The smallest absolute Gasteiger partial charge is 0.309 e. The number of aliphatic hydroxyl groups excluding tert-OH is 3. The summed E-state index contributed by atoms with van der Waals surface area (Å²) in [6, 6.07) is 8.99. The van der Waals surface area contributed by atoms with Crippen LogP contribution >= 0.6 is 0 Å². The fourth-order valence-electron chi connectivity index (χ4n) is 12.0. The molecule has 0 bridgehead atoms. The number of rotatable bonds is 12. The van der Waals surface area contributed by atoms with E-state index in [9.17, 15) is 35.1 Å². The van der Waals surface area contributed by atoms with Crippen molar-refractivity contribution in [1.82, 2.24) is 20.0 Å². The molecule has 4 aliphatic heterocycles. The zero-order valence-electron chi connectivity index (χ0n) is 42.8. The molecule has 1 aromatic carbocycles. The van der Waals surface area contributed by atoms with Gasteiger partial charge < -0.3 is 59.4 Å². The van der Waals surface area contributed by atoms with Crippen LogP contribution in [0.4, 0.5) is 0 Å². The lowest BCUT2D eigenvalue weighted by atomic mass is 9.68. The number of hydrogen-bond donors (Lipinski definition) is 6. The van der Waals surface area contributed by atoms with Gasteiger partial charge in [-0.05, 0) is 112 Å². The number of nitrogens with one attached hydrogen (secondary N) is 1. The van der Waals surface area contributed by atoms with Crippen molar-refractivity contribution >= 4 is 11.9 Å². The van der Waals surface area contributed by atoms with E-state index in [4.69, 9.17) is 23.7 Å². The number of methoxy groups -OCH3 is 1. The molecule has 16 nitrogen and oxygen atoms in total. The van der Waals surface area contributed by atoms with E-state index in [-0.39, 0.29) is 43.2 Å². The highest BCUT2D eigenvalue weighted by atomic mass is 16.7. The summed E-state index contributed by atoms with van der Waals surface area (Å²) in [5, 5.41) is 63.1. The highest BCUT2D eigenvalue weighted by molar-refractivity contribution is 5.82. The monoisotopic (exact) mass is 949 g/mol. The summed E-state index contributed by atoms with van der Waals surface area (Å²) >= 11 is 0. The van der Waals surface area contributed by atoms with Crippen LogP contribution in [0.2, 0.25) is 0 Å². The first-order valence-corrected chi connectivity index (χ1v) is 25.0. The highest BCUT2D eigenvalue weighted by Gasteiger charge is 2.55. The van der Waals surface area contributed by atoms with E-state index in [1.54, 1.807) is 27.7 Å². The van der Waals surface area contributed by atoms with Gasteiger partial charge in [-0.1, -0.05) is 58.0 Å². The quantitative estimate of drug-likeness (QED) is 0.167. The van der Waals surface area contributed by atoms with Crippen LogP contribution in [-0.2, 0) is 39.8 Å². The molecular formula is C51H88N4O12. The van der Waals surface area contributed by atoms with Gasteiger partial charge in [0.2, 0.25) is 5.91 Å². The van der Waals surface area contributed by atoms with Crippen molar-refractivity contribution in [2.45, 2.75) is 204 Å². The van der Waals surface area contributed by atoms with Crippen LogP contribution in [0, 0.1) is 23.7 Å². The van der Waals surface area contributed by atoms with Gasteiger partial charge in [0.15, 0.2) is 6.29 Å². The number of nitrogens with zero attached hydrogens (tertiary/aromatic N) is 3. The lowest BCUT2D eigenvalue weighted by Gasteiger charge is -2.51. The number of benzene rings is 1. The van der Waals surface area contributed by atoms with E-state index in [2.05, 4.69) is 22.3 Å².